The summed E-state index contributed by atoms with van der Waals surface area (Å²) >= 11 is 5.74. The number of hydrogen-bond donors (Lipinski definition) is 1. The van der Waals surface area contributed by atoms with Crippen molar-refractivity contribution in [3.05, 3.63) is 51.8 Å². The zero-order valence-corrected chi connectivity index (χ0v) is 7.95. The summed E-state index contributed by atoms with van der Waals surface area (Å²) in [7, 11) is 0. The van der Waals surface area contributed by atoms with E-state index < -0.39 is 0 Å². The molecule has 0 bridgehead atoms. The molecule has 4 heteroatoms. The molecule has 3 nitrogen and oxygen atoms in total. The highest BCUT2D eigenvalue weighted by molar-refractivity contribution is 6.30. The number of aromatic nitrogens is 2. The van der Waals surface area contributed by atoms with Gasteiger partial charge in [-0.15, -0.1) is 0 Å². The number of benzene rings is 1. The summed E-state index contributed by atoms with van der Waals surface area (Å²) in [5.74, 6) is 0. The van der Waals surface area contributed by atoms with E-state index in [0.29, 0.717) is 10.7 Å². The molecule has 0 saturated carbocycles. The molecular formula is C10H7ClN2O. The minimum absolute atomic E-state index is 0.117. The number of aromatic amines is 1. The lowest BCUT2D eigenvalue weighted by Crippen LogP contribution is -2.01. The fourth-order valence-corrected chi connectivity index (χ4v) is 1.28. The molecule has 2 rings (SSSR count). The van der Waals surface area contributed by atoms with E-state index in [1.54, 1.807) is 12.1 Å². The van der Waals surface area contributed by atoms with E-state index in [-0.39, 0.29) is 5.43 Å². The third-order valence-electron chi connectivity index (χ3n) is 1.82. The van der Waals surface area contributed by atoms with Crippen LogP contribution in [0.2, 0.25) is 5.02 Å². The fourth-order valence-electron chi connectivity index (χ4n) is 1.15. The van der Waals surface area contributed by atoms with Crippen molar-refractivity contribution in [2.24, 2.45) is 0 Å². The minimum atomic E-state index is -0.117. The maximum atomic E-state index is 11.0. The normalized spacial score (nSPS) is 10.1. The van der Waals surface area contributed by atoms with Crippen LogP contribution in [-0.2, 0) is 0 Å². The predicted octanol–water partition coefficient (Wildman–Crippen LogP) is 2.09. The third-order valence-corrected chi connectivity index (χ3v) is 2.07. The second-order valence-electron chi connectivity index (χ2n) is 2.84. The first-order valence-corrected chi connectivity index (χ1v) is 4.44. The zero-order valence-electron chi connectivity index (χ0n) is 7.20. The number of H-pyrrole nitrogens is 1. The van der Waals surface area contributed by atoms with Crippen LogP contribution in [0.1, 0.15) is 0 Å². The van der Waals surface area contributed by atoms with Gasteiger partial charge in [-0.25, -0.2) is 0 Å². The van der Waals surface area contributed by atoms with E-state index in [0.717, 1.165) is 5.56 Å². The Morgan fingerprint density at radius 2 is 1.93 bits per heavy atom. The first-order valence-electron chi connectivity index (χ1n) is 4.06. The summed E-state index contributed by atoms with van der Waals surface area (Å²) in [4.78, 5) is 11.0. The SMILES string of the molecule is O=c1cn[nH]c(-c2ccc(Cl)cc2)c1. The summed E-state index contributed by atoms with van der Waals surface area (Å²) in [5, 5.41) is 7.13. The van der Waals surface area contributed by atoms with Crippen molar-refractivity contribution >= 4 is 11.6 Å². The molecule has 70 valence electrons. The van der Waals surface area contributed by atoms with Crippen LogP contribution in [0.15, 0.2) is 41.3 Å². The average Bonchev–Trinajstić information content (AvgIpc) is 2.19. The standard InChI is InChI=1S/C10H7ClN2O/c11-8-3-1-7(2-4-8)10-5-9(14)6-12-13-10/h1-6H,(H,13,14). The van der Waals surface area contributed by atoms with Crippen LogP contribution in [0, 0.1) is 0 Å². The quantitative estimate of drug-likeness (QED) is 0.777. The van der Waals surface area contributed by atoms with E-state index >= 15 is 0 Å². The van der Waals surface area contributed by atoms with Crippen LogP contribution in [0.3, 0.4) is 0 Å². The summed E-state index contributed by atoms with van der Waals surface area (Å²) in [5.41, 5.74) is 1.46. The molecule has 1 heterocycles. The first-order chi connectivity index (χ1) is 6.75. The first kappa shape index (κ1) is 8.97. The number of halogens is 1. The van der Waals surface area contributed by atoms with E-state index in [4.69, 9.17) is 11.6 Å². The Balaban J connectivity index is 2.50. The average molecular weight is 207 g/mol. The van der Waals surface area contributed by atoms with Gasteiger partial charge in [0.15, 0.2) is 0 Å². The molecule has 2 aromatic rings. The monoisotopic (exact) mass is 206 g/mol. The van der Waals surface area contributed by atoms with Gasteiger partial charge in [0.05, 0.1) is 11.9 Å². The van der Waals surface area contributed by atoms with E-state index in [9.17, 15) is 4.79 Å². The molecule has 0 fully saturated rings. The van der Waals surface area contributed by atoms with Crippen molar-refractivity contribution in [2.45, 2.75) is 0 Å². The highest BCUT2D eigenvalue weighted by atomic mass is 35.5. The molecule has 0 amide bonds. The Morgan fingerprint density at radius 1 is 1.21 bits per heavy atom. The number of nitrogens with zero attached hydrogens (tertiary/aromatic N) is 1. The van der Waals surface area contributed by atoms with Gasteiger partial charge in [-0.1, -0.05) is 23.7 Å². The second kappa shape index (κ2) is 3.64. The highest BCUT2D eigenvalue weighted by Crippen LogP contribution is 2.17. The molecule has 0 aliphatic carbocycles. The van der Waals surface area contributed by atoms with Crippen molar-refractivity contribution in [1.29, 1.82) is 0 Å². The highest BCUT2D eigenvalue weighted by Gasteiger charge is 1.98. The van der Waals surface area contributed by atoms with Crippen LogP contribution < -0.4 is 5.43 Å². The topological polar surface area (TPSA) is 45.8 Å². The van der Waals surface area contributed by atoms with Gasteiger partial charge < -0.3 is 0 Å². The summed E-state index contributed by atoms with van der Waals surface area (Å²) in [6, 6.07) is 8.69. The Bertz CT molecular complexity index is 490. The zero-order chi connectivity index (χ0) is 9.97. The molecular weight excluding hydrogens is 200 g/mol. The summed E-state index contributed by atoms with van der Waals surface area (Å²) in [6.07, 6.45) is 1.24. The van der Waals surface area contributed by atoms with Crippen LogP contribution in [-0.4, -0.2) is 10.2 Å². The summed E-state index contributed by atoms with van der Waals surface area (Å²) < 4.78 is 0. The largest absolute Gasteiger partial charge is 0.288 e. The van der Waals surface area contributed by atoms with Crippen LogP contribution in [0.4, 0.5) is 0 Å². The van der Waals surface area contributed by atoms with E-state index in [1.807, 2.05) is 12.1 Å². The van der Waals surface area contributed by atoms with Gasteiger partial charge in [0.2, 0.25) is 5.43 Å². The van der Waals surface area contributed by atoms with Crippen LogP contribution in [0.5, 0.6) is 0 Å². The second-order valence-corrected chi connectivity index (χ2v) is 3.27. The Kier molecular flexibility index (Phi) is 2.33. The Morgan fingerprint density at radius 3 is 2.57 bits per heavy atom. The Hall–Kier alpha value is -1.61. The molecule has 14 heavy (non-hydrogen) atoms. The molecule has 0 unspecified atom stereocenters. The van der Waals surface area contributed by atoms with Gasteiger partial charge in [0.1, 0.15) is 0 Å². The predicted molar refractivity (Wildman–Crippen MR) is 55.3 cm³/mol. The molecule has 0 aliphatic rings. The maximum Gasteiger partial charge on any atom is 0.200 e. The third kappa shape index (κ3) is 1.83. The maximum absolute atomic E-state index is 11.0. The van der Waals surface area contributed by atoms with Crippen molar-refractivity contribution in [2.75, 3.05) is 0 Å². The molecule has 0 saturated heterocycles. The smallest absolute Gasteiger partial charge is 0.200 e. The lowest BCUT2D eigenvalue weighted by Gasteiger charge is -1.99. The van der Waals surface area contributed by atoms with Gasteiger partial charge in [0.25, 0.3) is 0 Å². The van der Waals surface area contributed by atoms with Crippen molar-refractivity contribution in [3.63, 3.8) is 0 Å². The van der Waals surface area contributed by atoms with Gasteiger partial charge >= 0.3 is 0 Å². The molecule has 0 spiro atoms. The van der Waals surface area contributed by atoms with E-state index in [1.165, 1.54) is 12.3 Å². The van der Waals surface area contributed by atoms with E-state index in [2.05, 4.69) is 10.2 Å². The molecule has 0 atom stereocenters. The van der Waals surface area contributed by atoms with Gasteiger partial charge in [0, 0.05) is 11.1 Å². The Labute approximate surface area is 85.4 Å². The van der Waals surface area contributed by atoms with Gasteiger partial charge in [-0.05, 0) is 17.7 Å². The number of rotatable bonds is 1. The number of nitrogens with one attached hydrogen (secondary N) is 1. The fraction of sp³-hybridized carbons (Fsp3) is 0. The molecule has 1 aromatic carbocycles. The van der Waals surface area contributed by atoms with Crippen molar-refractivity contribution in [1.82, 2.24) is 10.2 Å². The van der Waals surface area contributed by atoms with Crippen molar-refractivity contribution in [3.8, 4) is 11.3 Å². The molecule has 1 N–H and O–H groups in total. The molecule has 0 aliphatic heterocycles. The van der Waals surface area contributed by atoms with Crippen LogP contribution in [0.25, 0.3) is 11.3 Å². The minimum Gasteiger partial charge on any atom is -0.288 e. The van der Waals surface area contributed by atoms with Gasteiger partial charge in [-0.3, -0.25) is 9.89 Å². The molecule has 0 radical (unpaired) electrons. The summed E-state index contributed by atoms with van der Waals surface area (Å²) in [6.45, 7) is 0. The van der Waals surface area contributed by atoms with Gasteiger partial charge in [-0.2, -0.15) is 5.10 Å². The lowest BCUT2D eigenvalue weighted by molar-refractivity contribution is 1.02. The van der Waals surface area contributed by atoms with Crippen molar-refractivity contribution < 1.29 is 0 Å². The lowest BCUT2D eigenvalue weighted by atomic mass is 10.1. The molecule has 1 aromatic heterocycles. The number of hydrogen-bond acceptors (Lipinski definition) is 2. The van der Waals surface area contributed by atoms with Crippen LogP contribution >= 0.6 is 11.6 Å².